The van der Waals surface area contributed by atoms with Gasteiger partial charge in [-0.3, -0.25) is 10.1 Å². The molecule has 0 atom stereocenters. The molecule has 0 unspecified atom stereocenters. The van der Waals surface area contributed by atoms with Crippen LogP contribution in [0.15, 0.2) is 75.6 Å². The van der Waals surface area contributed by atoms with Crippen molar-refractivity contribution in [3.05, 3.63) is 93.7 Å². The van der Waals surface area contributed by atoms with E-state index in [0.29, 0.717) is 44.0 Å². The molecule has 0 radical (unpaired) electrons. The van der Waals surface area contributed by atoms with E-state index in [9.17, 15) is 4.79 Å². The molecule has 2 heterocycles. The Hall–Kier alpha value is -3.65. The lowest BCUT2D eigenvalue weighted by atomic mass is 10.1. The number of anilines is 1. The lowest BCUT2D eigenvalue weighted by molar-refractivity contribution is 0.0951. The second kappa shape index (κ2) is 9.78. The second-order valence-electron chi connectivity index (χ2n) is 8.27. The maximum Gasteiger partial charge on any atom is 0.293 e. The first kappa shape index (κ1) is 24.1. The van der Waals surface area contributed by atoms with Crippen molar-refractivity contribution in [2.45, 2.75) is 13.8 Å². The average molecular weight is 536 g/mol. The fraction of sp³-hybridized carbons (Fsp3) is 0.0741. The number of benzene rings is 3. The molecular formula is C27H19Cl2N3O3S. The Balaban J connectivity index is 1.28. The number of furan rings is 1. The van der Waals surface area contributed by atoms with Crippen LogP contribution in [0.3, 0.4) is 0 Å². The maximum atomic E-state index is 12.6. The van der Waals surface area contributed by atoms with Crippen LogP contribution in [-0.4, -0.2) is 16.0 Å². The number of carbonyl (C=O) groups is 1. The van der Waals surface area contributed by atoms with Crippen molar-refractivity contribution in [3.63, 3.8) is 0 Å². The summed E-state index contributed by atoms with van der Waals surface area (Å²) in [6, 6.07) is 19.8. The van der Waals surface area contributed by atoms with Gasteiger partial charge in [0.1, 0.15) is 11.3 Å². The second-order valence-corrected chi connectivity index (χ2v) is 9.53. The van der Waals surface area contributed by atoms with E-state index in [1.54, 1.807) is 48.5 Å². The summed E-state index contributed by atoms with van der Waals surface area (Å²) in [7, 11) is 0. The van der Waals surface area contributed by atoms with E-state index >= 15 is 0 Å². The smallest absolute Gasteiger partial charge is 0.293 e. The Morgan fingerprint density at radius 1 is 0.917 bits per heavy atom. The molecule has 5 aromatic rings. The fourth-order valence-electron chi connectivity index (χ4n) is 3.85. The number of amides is 1. The number of nitrogens with zero attached hydrogens (tertiary/aromatic N) is 1. The summed E-state index contributed by atoms with van der Waals surface area (Å²) in [5.41, 5.74) is 5.78. The molecule has 0 fully saturated rings. The van der Waals surface area contributed by atoms with Crippen LogP contribution < -0.4 is 10.6 Å². The number of aromatic nitrogens is 1. The van der Waals surface area contributed by atoms with Gasteiger partial charge in [-0.25, -0.2) is 4.98 Å². The predicted octanol–water partition coefficient (Wildman–Crippen LogP) is 7.81. The van der Waals surface area contributed by atoms with Gasteiger partial charge in [0, 0.05) is 21.8 Å². The molecule has 0 aliphatic rings. The molecule has 0 saturated carbocycles. The van der Waals surface area contributed by atoms with Gasteiger partial charge in [0.15, 0.2) is 16.5 Å². The summed E-state index contributed by atoms with van der Waals surface area (Å²) in [6.07, 6.45) is 0. The maximum absolute atomic E-state index is 12.6. The first-order valence-electron chi connectivity index (χ1n) is 10.9. The number of aryl methyl sites for hydroxylation is 2. The predicted molar refractivity (Wildman–Crippen MR) is 147 cm³/mol. The Morgan fingerprint density at radius 2 is 1.69 bits per heavy atom. The monoisotopic (exact) mass is 535 g/mol. The minimum Gasteiger partial charge on any atom is -0.451 e. The van der Waals surface area contributed by atoms with Crippen LogP contribution in [-0.2, 0) is 0 Å². The van der Waals surface area contributed by atoms with E-state index in [-0.39, 0.29) is 10.9 Å². The van der Waals surface area contributed by atoms with Crippen molar-refractivity contribution < 1.29 is 13.6 Å². The van der Waals surface area contributed by atoms with Gasteiger partial charge in [0.2, 0.25) is 5.89 Å². The Labute approximate surface area is 222 Å². The standard InChI is InChI=1S/C27H19Cl2N3O3S/c1-14-9-15(2)11-16(10-14)26-31-21-13-18(4-6-23(21)35-26)30-27(36)32-25(33)24-8-7-22(34-24)19-5-3-17(28)12-20(19)29/h3-13H,1-2H3,(H2,30,32,33,36). The summed E-state index contributed by atoms with van der Waals surface area (Å²) < 4.78 is 11.6. The number of fused-ring (bicyclic) bond motifs is 1. The molecule has 5 rings (SSSR count). The van der Waals surface area contributed by atoms with E-state index in [0.717, 1.165) is 16.7 Å². The van der Waals surface area contributed by atoms with Gasteiger partial charge in [-0.15, -0.1) is 0 Å². The number of hydrogen-bond acceptors (Lipinski definition) is 5. The largest absolute Gasteiger partial charge is 0.451 e. The molecule has 36 heavy (non-hydrogen) atoms. The Bertz CT molecular complexity index is 1620. The topological polar surface area (TPSA) is 80.3 Å². The van der Waals surface area contributed by atoms with Crippen molar-refractivity contribution in [3.8, 4) is 22.8 Å². The van der Waals surface area contributed by atoms with Crippen molar-refractivity contribution in [1.82, 2.24) is 10.3 Å². The van der Waals surface area contributed by atoms with Gasteiger partial charge >= 0.3 is 0 Å². The fourth-order valence-corrected chi connectivity index (χ4v) is 4.56. The zero-order valence-corrected chi connectivity index (χ0v) is 21.5. The Kier molecular flexibility index (Phi) is 6.53. The highest BCUT2D eigenvalue weighted by Gasteiger charge is 2.16. The molecule has 1 amide bonds. The van der Waals surface area contributed by atoms with Crippen LogP contribution in [0.5, 0.6) is 0 Å². The highest BCUT2D eigenvalue weighted by atomic mass is 35.5. The molecule has 2 aromatic heterocycles. The van der Waals surface area contributed by atoms with Crippen LogP contribution in [0.2, 0.25) is 10.0 Å². The molecule has 3 aromatic carbocycles. The zero-order valence-electron chi connectivity index (χ0n) is 19.2. The van der Waals surface area contributed by atoms with E-state index in [1.807, 2.05) is 26.0 Å². The number of carbonyl (C=O) groups excluding carboxylic acids is 1. The molecule has 0 aliphatic carbocycles. The van der Waals surface area contributed by atoms with Gasteiger partial charge in [0.05, 0.1) is 5.02 Å². The molecule has 180 valence electrons. The third kappa shape index (κ3) is 5.14. The molecular weight excluding hydrogens is 517 g/mol. The minimum atomic E-state index is -0.497. The molecule has 0 bridgehead atoms. The van der Waals surface area contributed by atoms with Crippen LogP contribution in [0.25, 0.3) is 33.9 Å². The van der Waals surface area contributed by atoms with Crippen LogP contribution in [0.4, 0.5) is 5.69 Å². The summed E-state index contributed by atoms with van der Waals surface area (Å²) in [6.45, 7) is 4.07. The lowest BCUT2D eigenvalue weighted by Crippen LogP contribution is -2.33. The quantitative estimate of drug-likeness (QED) is 0.228. The number of rotatable bonds is 4. The van der Waals surface area contributed by atoms with Crippen molar-refractivity contribution >= 4 is 63.2 Å². The summed E-state index contributed by atoms with van der Waals surface area (Å²) in [5.74, 6) is 0.574. The van der Waals surface area contributed by atoms with Crippen molar-refractivity contribution in [1.29, 1.82) is 0 Å². The van der Waals surface area contributed by atoms with Gasteiger partial charge in [0.25, 0.3) is 5.91 Å². The van der Waals surface area contributed by atoms with Crippen LogP contribution >= 0.6 is 35.4 Å². The molecule has 2 N–H and O–H groups in total. The highest BCUT2D eigenvalue weighted by Crippen LogP contribution is 2.32. The van der Waals surface area contributed by atoms with E-state index in [4.69, 9.17) is 44.3 Å². The summed E-state index contributed by atoms with van der Waals surface area (Å²) >= 11 is 17.5. The van der Waals surface area contributed by atoms with Crippen LogP contribution in [0.1, 0.15) is 21.7 Å². The van der Waals surface area contributed by atoms with Gasteiger partial charge in [-0.2, -0.15) is 0 Å². The van der Waals surface area contributed by atoms with E-state index in [2.05, 4.69) is 21.7 Å². The normalized spacial score (nSPS) is 11.0. The van der Waals surface area contributed by atoms with E-state index in [1.165, 1.54) is 0 Å². The number of hydrogen-bond donors (Lipinski definition) is 2. The van der Waals surface area contributed by atoms with Crippen LogP contribution in [0, 0.1) is 13.8 Å². The Morgan fingerprint density at radius 3 is 2.44 bits per heavy atom. The summed E-state index contributed by atoms with van der Waals surface area (Å²) in [5, 5.41) is 6.65. The third-order valence-corrected chi connectivity index (χ3v) is 6.12. The minimum absolute atomic E-state index is 0.0882. The molecule has 0 spiro atoms. The van der Waals surface area contributed by atoms with Gasteiger partial charge in [-0.1, -0.05) is 40.4 Å². The number of oxazole rings is 1. The highest BCUT2D eigenvalue weighted by molar-refractivity contribution is 7.80. The molecule has 0 aliphatic heterocycles. The first-order valence-corrected chi connectivity index (χ1v) is 12.1. The summed E-state index contributed by atoms with van der Waals surface area (Å²) in [4.78, 5) is 17.3. The number of thiocarbonyl (C=S) groups is 1. The zero-order chi connectivity index (χ0) is 25.4. The number of nitrogens with one attached hydrogen (secondary N) is 2. The first-order chi connectivity index (χ1) is 17.2. The van der Waals surface area contributed by atoms with Gasteiger partial charge < -0.3 is 14.2 Å². The third-order valence-electron chi connectivity index (χ3n) is 5.37. The molecule has 9 heteroatoms. The van der Waals surface area contributed by atoms with Crippen molar-refractivity contribution in [2.24, 2.45) is 0 Å². The average Bonchev–Trinajstić information content (AvgIpc) is 3.45. The van der Waals surface area contributed by atoms with Gasteiger partial charge in [-0.05, 0) is 86.7 Å². The SMILES string of the molecule is Cc1cc(C)cc(-c2nc3cc(NC(=S)NC(=O)c4ccc(-c5ccc(Cl)cc5Cl)o4)ccc3o2)c1. The molecule has 6 nitrogen and oxygen atoms in total. The number of halogens is 2. The van der Waals surface area contributed by atoms with E-state index < -0.39 is 5.91 Å². The molecule has 0 saturated heterocycles. The van der Waals surface area contributed by atoms with Crippen molar-refractivity contribution in [2.75, 3.05) is 5.32 Å². The lowest BCUT2D eigenvalue weighted by Gasteiger charge is -2.08.